The van der Waals surface area contributed by atoms with Crippen LogP contribution >= 0.6 is 22.7 Å². The van der Waals surface area contributed by atoms with Crippen LogP contribution in [0, 0.1) is 0 Å². The van der Waals surface area contributed by atoms with Crippen molar-refractivity contribution in [1.29, 1.82) is 0 Å². The van der Waals surface area contributed by atoms with Gasteiger partial charge in [-0.05, 0) is 29.1 Å². The number of hydrogen-bond acceptors (Lipinski definition) is 3. The standard InChI is InChI=1S/C15H9NS2/c1-2-4-14-11(3-1)12(8-17-14)10-5-6-15-13(7-10)16-9-18-15/h1-9H. The SMILES string of the molecule is c1ccc2c(-c3ccc4scnc4c3)csc2c1. The molecule has 0 aliphatic carbocycles. The first-order valence-electron chi connectivity index (χ1n) is 5.72. The minimum absolute atomic E-state index is 1.09. The van der Waals surface area contributed by atoms with Gasteiger partial charge in [0.05, 0.1) is 15.7 Å². The lowest BCUT2D eigenvalue weighted by Gasteiger charge is -1.99. The van der Waals surface area contributed by atoms with Gasteiger partial charge >= 0.3 is 0 Å². The summed E-state index contributed by atoms with van der Waals surface area (Å²) in [4.78, 5) is 4.39. The maximum absolute atomic E-state index is 4.39. The molecular formula is C15H9NS2. The van der Waals surface area contributed by atoms with Gasteiger partial charge in [-0.1, -0.05) is 24.3 Å². The van der Waals surface area contributed by atoms with E-state index in [1.165, 1.54) is 25.9 Å². The Labute approximate surface area is 112 Å². The van der Waals surface area contributed by atoms with E-state index in [0.29, 0.717) is 0 Å². The van der Waals surface area contributed by atoms with Crippen LogP contribution in [-0.2, 0) is 0 Å². The summed E-state index contributed by atoms with van der Waals surface area (Å²) in [5, 5.41) is 3.56. The lowest BCUT2D eigenvalue weighted by molar-refractivity contribution is 1.50. The monoisotopic (exact) mass is 267 g/mol. The molecule has 0 bridgehead atoms. The highest BCUT2D eigenvalue weighted by Crippen LogP contribution is 2.35. The fourth-order valence-corrected chi connectivity index (χ4v) is 3.86. The number of fused-ring (bicyclic) bond motifs is 2. The van der Waals surface area contributed by atoms with Gasteiger partial charge in [-0.25, -0.2) is 4.98 Å². The van der Waals surface area contributed by atoms with Gasteiger partial charge in [-0.3, -0.25) is 0 Å². The van der Waals surface area contributed by atoms with Crippen molar-refractivity contribution in [3.8, 4) is 11.1 Å². The van der Waals surface area contributed by atoms with Crippen molar-refractivity contribution in [3.63, 3.8) is 0 Å². The zero-order chi connectivity index (χ0) is 11.9. The second-order valence-electron chi connectivity index (χ2n) is 4.18. The van der Waals surface area contributed by atoms with E-state index in [4.69, 9.17) is 0 Å². The van der Waals surface area contributed by atoms with E-state index in [9.17, 15) is 0 Å². The van der Waals surface area contributed by atoms with Crippen molar-refractivity contribution >= 4 is 43.0 Å². The van der Waals surface area contributed by atoms with Crippen molar-refractivity contribution < 1.29 is 0 Å². The number of benzene rings is 2. The van der Waals surface area contributed by atoms with Gasteiger partial charge in [0, 0.05) is 15.6 Å². The highest BCUT2D eigenvalue weighted by molar-refractivity contribution is 7.17. The predicted molar refractivity (Wildman–Crippen MR) is 80.4 cm³/mol. The molecule has 0 unspecified atom stereocenters. The molecule has 0 aliphatic rings. The first-order chi connectivity index (χ1) is 8.92. The topological polar surface area (TPSA) is 12.9 Å². The van der Waals surface area contributed by atoms with Crippen molar-refractivity contribution in [3.05, 3.63) is 53.4 Å². The Kier molecular flexibility index (Phi) is 2.22. The van der Waals surface area contributed by atoms with Crippen LogP contribution in [0.1, 0.15) is 0 Å². The maximum atomic E-state index is 4.39. The van der Waals surface area contributed by atoms with Gasteiger partial charge in [0.1, 0.15) is 0 Å². The number of thiophene rings is 1. The molecular weight excluding hydrogens is 258 g/mol. The smallest absolute Gasteiger partial charge is 0.0818 e. The molecule has 0 fully saturated rings. The van der Waals surface area contributed by atoms with E-state index >= 15 is 0 Å². The van der Waals surface area contributed by atoms with E-state index in [1.54, 1.807) is 22.7 Å². The average Bonchev–Trinajstić information content (AvgIpc) is 3.04. The first-order valence-corrected chi connectivity index (χ1v) is 7.47. The third-order valence-corrected chi connectivity index (χ3v) is 4.90. The second kappa shape index (κ2) is 3.90. The summed E-state index contributed by atoms with van der Waals surface area (Å²) in [5.74, 6) is 0. The van der Waals surface area contributed by atoms with E-state index in [0.717, 1.165) is 5.52 Å². The molecule has 0 N–H and O–H groups in total. The van der Waals surface area contributed by atoms with Crippen LogP contribution in [0.3, 0.4) is 0 Å². The number of rotatable bonds is 1. The second-order valence-corrected chi connectivity index (χ2v) is 5.98. The third-order valence-electron chi connectivity index (χ3n) is 3.12. The lowest BCUT2D eigenvalue weighted by Crippen LogP contribution is -1.75. The zero-order valence-electron chi connectivity index (χ0n) is 9.46. The molecule has 0 atom stereocenters. The molecule has 3 heteroatoms. The van der Waals surface area contributed by atoms with Crippen molar-refractivity contribution in [2.24, 2.45) is 0 Å². The summed E-state index contributed by atoms with van der Waals surface area (Å²) >= 11 is 3.49. The number of nitrogens with zero attached hydrogens (tertiary/aromatic N) is 1. The molecule has 0 spiro atoms. The van der Waals surface area contributed by atoms with Crippen molar-refractivity contribution in [2.75, 3.05) is 0 Å². The summed E-state index contributed by atoms with van der Waals surface area (Å²) in [5.41, 5.74) is 5.56. The summed E-state index contributed by atoms with van der Waals surface area (Å²) in [6, 6.07) is 15.1. The van der Waals surface area contributed by atoms with E-state index in [2.05, 4.69) is 52.8 Å². The van der Waals surface area contributed by atoms with Crippen LogP contribution in [0.15, 0.2) is 53.4 Å². The quantitative estimate of drug-likeness (QED) is 0.463. The Morgan fingerprint density at radius 2 is 1.83 bits per heavy atom. The van der Waals surface area contributed by atoms with Crippen LogP contribution in [0.5, 0.6) is 0 Å². The molecule has 4 aromatic rings. The van der Waals surface area contributed by atoms with Crippen LogP contribution in [0.2, 0.25) is 0 Å². The summed E-state index contributed by atoms with van der Waals surface area (Å²) in [6.07, 6.45) is 0. The molecule has 2 aromatic carbocycles. The molecule has 0 saturated heterocycles. The molecule has 1 nitrogen and oxygen atoms in total. The highest BCUT2D eigenvalue weighted by Gasteiger charge is 2.07. The van der Waals surface area contributed by atoms with Crippen LogP contribution in [-0.4, -0.2) is 4.98 Å². The minimum Gasteiger partial charge on any atom is -0.245 e. The Hall–Kier alpha value is -1.71. The molecule has 0 amide bonds. The van der Waals surface area contributed by atoms with Gasteiger partial charge in [-0.15, -0.1) is 22.7 Å². The van der Waals surface area contributed by atoms with Gasteiger partial charge in [0.15, 0.2) is 0 Å². The van der Waals surface area contributed by atoms with E-state index in [1.807, 2.05) is 5.51 Å². The normalized spacial score (nSPS) is 11.3. The molecule has 18 heavy (non-hydrogen) atoms. The molecule has 0 radical (unpaired) electrons. The largest absolute Gasteiger partial charge is 0.245 e. The van der Waals surface area contributed by atoms with Crippen LogP contribution in [0.4, 0.5) is 0 Å². The molecule has 86 valence electrons. The molecule has 4 rings (SSSR count). The van der Waals surface area contributed by atoms with Crippen molar-refractivity contribution in [2.45, 2.75) is 0 Å². The zero-order valence-corrected chi connectivity index (χ0v) is 11.1. The molecule has 2 aromatic heterocycles. The van der Waals surface area contributed by atoms with Crippen LogP contribution in [0.25, 0.3) is 31.4 Å². The fraction of sp³-hybridized carbons (Fsp3) is 0. The number of aromatic nitrogens is 1. The number of thiazole rings is 1. The van der Waals surface area contributed by atoms with Gasteiger partial charge in [0.25, 0.3) is 0 Å². The fourth-order valence-electron chi connectivity index (χ4n) is 2.23. The van der Waals surface area contributed by atoms with Crippen LogP contribution < -0.4 is 0 Å². The predicted octanol–water partition coefficient (Wildman–Crippen LogP) is 5.18. The van der Waals surface area contributed by atoms with Crippen molar-refractivity contribution in [1.82, 2.24) is 4.98 Å². The summed E-state index contributed by atoms with van der Waals surface area (Å²) < 4.78 is 2.59. The highest BCUT2D eigenvalue weighted by atomic mass is 32.1. The number of hydrogen-bond donors (Lipinski definition) is 0. The van der Waals surface area contributed by atoms with E-state index in [-0.39, 0.29) is 0 Å². The molecule has 2 heterocycles. The maximum Gasteiger partial charge on any atom is 0.0818 e. The van der Waals surface area contributed by atoms with E-state index < -0.39 is 0 Å². The third kappa shape index (κ3) is 1.48. The Balaban J connectivity index is 2.00. The summed E-state index contributed by atoms with van der Waals surface area (Å²) in [6.45, 7) is 0. The van der Waals surface area contributed by atoms with Gasteiger partial charge in [0.2, 0.25) is 0 Å². The van der Waals surface area contributed by atoms with Gasteiger partial charge < -0.3 is 0 Å². The average molecular weight is 267 g/mol. The molecule has 0 saturated carbocycles. The Morgan fingerprint density at radius 3 is 2.83 bits per heavy atom. The minimum atomic E-state index is 1.09. The lowest BCUT2D eigenvalue weighted by atomic mass is 10.0. The molecule has 0 aliphatic heterocycles. The summed E-state index contributed by atoms with van der Waals surface area (Å²) in [7, 11) is 0. The Bertz CT molecular complexity index is 842. The Morgan fingerprint density at radius 1 is 0.889 bits per heavy atom. The first kappa shape index (κ1) is 10.2. The van der Waals surface area contributed by atoms with Gasteiger partial charge in [-0.2, -0.15) is 0 Å².